The number of amides is 1. The van der Waals surface area contributed by atoms with Crippen LogP contribution in [0, 0.1) is 13.8 Å². The molecule has 1 aromatic carbocycles. The molecule has 10 heteroatoms. The summed E-state index contributed by atoms with van der Waals surface area (Å²) in [4.78, 5) is 17.1. The molecule has 0 spiro atoms. The highest BCUT2D eigenvalue weighted by Gasteiger charge is 2.19. The average Bonchev–Trinajstić information content (AvgIpc) is 3.38. The van der Waals surface area contributed by atoms with E-state index in [9.17, 15) is 4.79 Å². The molecule has 0 saturated heterocycles. The van der Waals surface area contributed by atoms with Crippen LogP contribution in [0.4, 0.5) is 5.13 Å². The predicted molar refractivity (Wildman–Crippen MR) is 107 cm³/mol. The molecule has 136 valence electrons. The number of hydrogen-bond acceptors (Lipinski definition) is 7. The van der Waals surface area contributed by atoms with Crippen molar-refractivity contribution in [3.8, 4) is 17.2 Å². The van der Waals surface area contributed by atoms with Gasteiger partial charge in [0.1, 0.15) is 0 Å². The van der Waals surface area contributed by atoms with Crippen LogP contribution < -0.4 is 5.32 Å². The molecule has 0 aliphatic rings. The normalized spacial score (nSPS) is 10.9. The van der Waals surface area contributed by atoms with E-state index >= 15 is 0 Å². The van der Waals surface area contributed by atoms with Crippen molar-refractivity contribution in [1.82, 2.24) is 24.4 Å². The minimum atomic E-state index is -0.206. The molecule has 27 heavy (non-hydrogen) atoms. The van der Waals surface area contributed by atoms with Gasteiger partial charge >= 0.3 is 0 Å². The van der Waals surface area contributed by atoms with Gasteiger partial charge in [0, 0.05) is 16.6 Å². The van der Waals surface area contributed by atoms with Gasteiger partial charge in [-0.05, 0) is 43.0 Å². The Hall–Kier alpha value is -2.62. The lowest BCUT2D eigenvalue weighted by molar-refractivity contribution is 0.103. The van der Waals surface area contributed by atoms with Gasteiger partial charge in [-0.25, -0.2) is 4.68 Å². The standard InChI is InChI=1S/C17H13ClN6OS2/c1-9-11(18)5-3-6-12(9)24-10(2)14(21-23-24)15-19-17(27-22-15)20-16(25)13-7-4-8-26-13/h3-8H,1-2H3,(H,19,20,22,25). The van der Waals surface area contributed by atoms with Crippen LogP contribution >= 0.6 is 34.5 Å². The molecule has 0 radical (unpaired) electrons. The molecule has 0 saturated carbocycles. The second kappa shape index (κ2) is 7.18. The lowest BCUT2D eigenvalue weighted by Gasteiger charge is -2.08. The van der Waals surface area contributed by atoms with Gasteiger partial charge in [0.15, 0.2) is 11.5 Å². The minimum absolute atomic E-state index is 0.206. The van der Waals surface area contributed by atoms with E-state index in [1.54, 1.807) is 10.7 Å². The predicted octanol–water partition coefficient (Wildman–Crippen LogP) is 4.37. The van der Waals surface area contributed by atoms with Crippen molar-refractivity contribution in [1.29, 1.82) is 0 Å². The molecule has 0 atom stereocenters. The molecule has 1 N–H and O–H groups in total. The Morgan fingerprint density at radius 1 is 1.22 bits per heavy atom. The molecular weight excluding hydrogens is 404 g/mol. The van der Waals surface area contributed by atoms with E-state index in [0.717, 1.165) is 28.5 Å². The van der Waals surface area contributed by atoms with Crippen molar-refractivity contribution in [2.45, 2.75) is 13.8 Å². The molecule has 0 unspecified atom stereocenters. The lowest BCUT2D eigenvalue weighted by Crippen LogP contribution is -2.09. The maximum atomic E-state index is 12.1. The van der Waals surface area contributed by atoms with Crippen LogP contribution in [0.3, 0.4) is 0 Å². The maximum absolute atomic E-state index is 12.1. The summed E-state index contributed by atoms with van der Waals surface area (Å²) in [5.74, 6) is 0.215. The van der Waals surface area contributed by atoms with Gasteiger partial charge < -0.3 is 0 Å². The smallest absolute Gasteiger partial charge is 0.267 e. The summed E-state index contributed by atoms with van der Waals surface area (Å²) in [6.07, 6.45) is 0. The third-order valence-electron chi connectivity index (χ3n) is 3.97. The Morgan fingerprint density at radius 2 is 2.07 bits per heavy atom. The third kappa shape index (κ3) is 3.36. The molecule has 3 heterocycles. The Morgan fingerprint density at radius 3 is 2.85 bits per heavy atom. The number of carbonyl (C=O) groups excluding carboxylic acids is 1. The number of benzene rings is 1. The highest BCUT2D eigenvalue weighted by Crippen LogP contribution is 2.27. The fourth-order valence-electron chi connectivity index (χ4n) is 2.53. The highest BCUT2D eigenvalue weighted by atomic mass is 35.5. The summed E-state index contributed by atoms with van der Waals surface area (Å²) < 4.78 is 6.02. The fraction of sp³-hybridized carbons (Fsp3) is 0.118. The first-order chi connectivity index (χ1) is 13.0. The third-order valence-corrected chi connectivity index (χ3v) is 5.87. The van der Waals surface area contributed by atoms with Gasteiger partial charge in [-0.15, -0.1) is 16.4 Å². The van der Waals surface area contributed by atoms with E-state index in [-0.39, 0.29) is 5.91 Å². The Bertz CT molecular complexity index is 1120. The first-order valence-corrected chi connectivity index (χ1v) is 9.94. The van der Waals surface area contributed by atoms with Gasteiger partial charge in [0.25, 0.3) is 5.91 Å². The van der Waals surface area contributed by atoms with Crippen LogP contribution in [0.5, 0.6) is 0 Å². The van der Waals surface area contributed by atoms with Crippen LogP contribution in [0.15, 0.2) is 35.7 Å². The van der Waals surface area contributed by atoms with Gasteiger partial charge in [0.05, 0.1) is 16.3 Å². The molecular formula is C17H13ClN6OS2. The number of carbonyl (C=O) groups is 1. The Balaban J connectivity index is 1.62. The summed E-state index contributed by atoms with van der Waals surface area (Å²) in [5.41, 5.74) is 3.10. The summed E-state index contributed by atoms with van der Waals surface area (Å²) in [5, 5.41) is 14.1. The second-order valence-electron chi connectivity index (χ2n) is 5.67. The SMILES string of the molecule is Cc1c(Cl)cccc1-n1nnc(-c2nsc(NC(=O)c3cccs3)n2)c1C. The van der Waals surface area contributed by atoms with Crippen molar-refractivity contribution in [2.75, 3.05) is 5.32 Å². The van der Waals surface area contributed by atoms with Crippen LogP contribution in [0.2, 0.25) is 5.02 Å². The highest BCUT2D eigenvalue weighted by molar-refractivity contribution is 7.12. The zero-order valence-corrected chi connectivity index (χ0v) is 16.7. The summed E-state index contributed by atoms with van der Waals surface area (Å²) >= 11 is 8.68. The van der Waals surface area contributed by atoms with Crippen molar-refractivity contribution in [3.63, 3.8) is 0 Å². The molecule has 0 aliphatic heterocycles. The molecule has 0 fully saturated rings. The van der Waals surface area contributed by atoms with Gasteiger partial charge in [-0.1, -0.05) is 28.9 Å². The largest absolute Gasteiger partial charge is 0.296 e. The number of halogens is 1. The number of aromatic nitrogens is 5. The van der Waals surface area contributed by atoms with Gasteiger partial charge in [0.2, 0.25) is 5.13 Å². The van der Waals surface area contributed by atoms with Gasteiger partial charge in [-0.3, -0.25) is 10.1 Å². The topological polar surface area (TPSA) is 85.6 Å². The molecule has 1 amide bonds. The van der Waals surface area contributed by atoms with Crippen molar-refractivity contribution in [3.05, 3.63) is 56.9 Å². The minimum Gasteiger partial charge on any atom is -0.296 e. The van der Waals surface area contributed by atoms with E-state index in [4.69, 9.17) is 11.6 Å². The van der Waals surface area contributed by atoms with E-state index in [0.29, 0.717) is 26.5 Å². The Labute approximate surface area is 167 Å². The summed E-state index contributed by atoms with van der Waals surface area (Å²) in [6.45, 7) is 3.82. The van der Waals surface area contributed by atoms with Gasteiger partial charge in [-0.2, -0.15) is 9.36 Å². The Kier molecular flexibility index (Phi) is 4.73. The van der Waals surface area contributed by atoms with E-state index in [2.05, 4.69) is 25.0 Å². The molecule has 7 nitrogen and oxygen atoms in total. The average molecular weight is 417 g/mol. The molecule has 3 aromatic heterocycles. The van der Waals surface area contributed by atoms with Crippen LogP contribution in [-0.2, 0) is 0 Å². The number of nitrogens with zero attached hydrogens (tertiary/aromatic N) is 5. The molecule has 0 bridgehead atoms. The monoisotopic (exact) mass is 416 g/mol. The molecule has 0 aliphatic carbocycles. The maximum Gasteiger partial charge on any atom is 0.267 e. The fourth-order valence-corrected chi connectivity index (χ4v) is 3.88. The molecule has 4 aromatic rings. The quantitative estimate of drug-likeness (QED) is 0.533. The number of anilines is 1. The number of hydrogen-bond donors (Lipinski definition) is 1. The first-order valence-electron chi connectivity index (χ1n) is 7.91. The summed E-state index contributed by atoms with van der Waals surface area (Å²) in [7, 11) is 0. The second-order valence-corrected chi connectivity index (χ2v) is 7.78. The zero-order chi connectivity index (χ0) is 19.0. The van der Waals surface area contributed by atoms with E-state index in [1.165, 1.54) is 11.3 Å². The number of nitrogens with one attached hydrogen (secondary N) is 1. The van der Waals surface area contributed by atoms with Crippen LogP contribution in [0.1, 0.15) is 20.9 Å². The van der Waals surface area contributed by atoms with Crippen LogP contribution in [-0.4, -0.2) is 30.3 Å². The van der Waals surface area contributed by atoms with Crippen LogP contribution in [0.25, 0.3) is 17.2 Å². The van der Waals surface area contributed by atoms with Crippen molar-refractivity contribution in [2.24, 2.45) is 0 Å². The van der Waals surface area contributed by atoms with Crippen molar-refractivity contribution >= 4 is 45.5 Å². The molecule has 4 rings (SSSR count). The van der Waals surface area contributed by atoms with E-state index in [1.807, 2.05) is 43.5 Å². The zero-order valence-electron chi connectivity index (χ0n) is 14.3. The number of rotatable bonds is 4. The van der Waals surface area contributed by atoms with Crippen molar-refractivity contribution < 1.29 is 4.79 Å². The number of thiophene rings is 1. The van der Waals surface area contributed by atoms with E-state index < -0.39 is 0 Å². The first kappa shape index (κ1) is 17.8. The lowest BCUT2D eigenvalue weighted by atomic mass is 10.2. The summed E-state index contributed by atoms with van der Waals surface area (Å²) in [6, 6.07) is 9.20.